The summed E-state index contributed by atoms with van der Waals surface area (Å²) < 4.78 is 0. The number of hydrogen-bond acceptors (Lipinski definition) is 0. The second-order valence-electron chi connectivity index (χ2n) is 26.0. The summed E-state index contributed by atoms with van der Waals surface area (Å²) in [5.74, 6) is 0. The summed E-state index contributed by atoms with van der Waals surface area (Å²) in [6.07, 6.45) is 19.4. The number of rotatable bonds is 22. The van der Waals surface area contributed by atoms with Crippen LogP contribution in [0.25, 0.3) is 110 Å². The molecule has 13 aromatic rings. The molecule has 0 amide bonds. The van der Waals surface area contributed by atoms with Gasteiger partial charge in [0.05, 0.1) is 0 Å². The van der Waals surface area contributed by atoms with Crippen molar-refractivity contribution in [1.29, 1.82) is 0 Å². The van der Waals surface area contributed by atoms with Crippen molar-refractivity contribution in [3.05, 3.63) is 295 Å². The summed E-state index contributed by atoms with van der Waals surface area (Å²) in [7, 11) is 0. The van der Waals surface area contributed by atoms with Crippen molar-refractivity contribution in [1.82, 2.24) is 0 Å². The number of benzene rings is 13. The fourth-order valence-electron chi connectivity index (χ4n) is 16.1. The summed E-state index contributed by atoms with van der Waals surface area (Å²) in [6, 6.07) is 89.7. The van der Waals surface area contributed by atoms with Gasteiger partial charge in [-0.2, -0.15) is 0 Å². The predicted octanol–water partition coefficient (Wildman–Crippen LogP) is 25.0. The van der Waals surface area contributed by atoms with Crippen LogP contribution in [0.2, 0.25) is 0 Å². The molecule has 0 aliphatic heterocycles. The van der Waals surface area contributed by atoms with Gasteiger partial charge in [-0.05, 0) is 237 Å². The molecule has 0 nitrogen and oxygen atoms in total. The van der Waals surface area contributed by atoms with Crippen LogP contribution < -0.4 is 0 Å². The molecule has 0 atom stereocenters. The van der Waals surface area contributed by atoms with Gasteiger partial charge in [-0.3, -0.25) is 0 Å². The molecule has 0 saturated heterocycles. The summed E-state index contributed by atoms with van der Waals surface area (Å²) in [5.41, 5.74) is 21.6. The molecular formula is C90H82. The van der Waals surface area contributed by atoms with E-state index in [9.17, 15) is 0 Å². The van der Waals surface area contributed by atoms with Gasteiger partial charge in [0.25, 0.3) is 0 Å². The topological polar surface area (TPSA) is 0 Å². The van der Waals surface area contributed by atoms with Crippen molar-refractivity contribution in [3.8, 4) is 66.8 Å². The highest BCUT2D eigenvalue weighted by Crippen LogP contribution is 2.50. The zero-order chi connectivity index (χ0) is 60.7. The van der Waals surface area contributed by atoms with Gasteiger partial charge in [0, 0.05) is 0 Å². The molecule has 15 rings (SSSR count). The Kier molecular flexibility index (Phi) is 16.0. The predicted molar refractivity (Wildman–Crippen MR) is 386 cm³/mol. The molecule has 0 N–H and O–H groups in total. The first-order valence-corrected chi connectivity index (χ1v) is 34.3. The maximum atomic E-state index is 2.64. The van der Waals surface area contributed by atoms with E-state index in [4.69, 9.17) is 0 Å². The van der Waals surface area contributed by atoms with Gasteiger partial charge >= 0.3 is 0 Å². The van der Waals surface area contributed by atoms with Gasteiger partial charge in [0.1, 0.15) is 0 Å². The summed E-state index contributed by atoms with van der Waals surface area (Å²) >= 11 is 0. The van der Waals surface area contributed by atoms with E-state index in [1.807, 2.05) is 0 Å². The molecule has 0 bridgehead atoms. The largest absolute Gasteiger partial charge is 0.0654 e. The van der Waals surface area contributed by atoms with Crippen LogP contribution in [0, 0.1) is 41.7 Å². The fraction of sp³-hybridized carbons (Fsp3) is 0.222. The normalized spacial score (nSPS) is 12.0. The minimum atomic E-state index is 1.12. The number of unbranched alkanes of at least 4 members (excludes halogenated alkanes) is 8. The second-order valence-corrected chi connectivity index (χ2v) is 26.0. The van der Waals surface area contributed by atoms with E-state index < -0.39 is 0 Å². The molecule has 0 radical (unpaired) electrons. The Labute approximate surface area is 531 Å². The molecule has 13 aromatic carbocycles. The van der Waals surface area contributed by atoms with E-state index in [2.05, 4.69) is 258 Å². The maximum Gasteiger partial charge on any atom is -0.000740 e. The van der Waals surface area contributed by atoms with Crippen LogP contribution in [0.5, 0.6) is 0 Å². The third-order valence-electron chi connectivity index (χ3n) is 20.4. The maximum absolute atomic E-state index is 2.64. The number of hydrogen-bond donors (Lipinski definition) is 0. The fourth-order valence-corrected chi connectivity index (χ4v) is 16.1. The third-order valence-corrected chi connectivity index (χ3v) is 20.4. The van der Waals surface area contributed by atoms with Gasteiger partial charge in [-0.15, -0.1) is 0 Å². The van der Waals surface area contributed by atoms with E-state index >= 15 is 0 Å². The van der Waals surface area contributed by atoms with E-state index in [-0.39, 0.29) is 0 Å². The summed E-state index contributed by atoms with van der Waals surface area (Å²) in [4.78, 5) is 0. The Hall–Kier alpha value is -9.10. The Morgan fingerprint density at radius 3 is 0.922 bits per heavy atom. The third kappa shape index (κ3) is 9.99. The van der Waals surface area contributed by atoms with Crippen LogP contribution in [0.1, 0.15) is 127 Å². The molecule has 0 heteroatoms. The average molecular weight is 1160 g/mol. The monoisotopic (exact) mass is 1160 g/mol. The first-order valence-electron chi connectivity index (χ1n) is 34.3. The second kappa shape index (κ2) is 25.1. The van der Waals surface area contributed by atoms with Crippen molar-refractivity contribution >= 4 is 43.1 Å². The Morgan fingerprint density at radius 2 is 0.533 bits per heavy atom. The highest BCUT2D eigenvalue weighted by molar-refractivity contribution is 6.23. The van der Waals surface area contributed by atoms with Crippen molar-refractivity contribution in [3.63, 3.8) is 0 Å². The van der Waals surface area contributed by atoms with Gasteiger partial charge in [0.15, 0.2) is 0 Å². The van der Waals surface area contributed by atoms with Gasteiger partial charge < -0.3 is 0 Å². The quantitative estimate of drug-likeness (QED) is 0.0469. The first-order chi connectivity index (χ1) is 44.6. The first kappa shape index (κ1) is 57.3. The van der Waals surface area contributed by atoms with Gasteiger partial charge in [-0.1, -0.05) is 297 Å². The van der Waals surface area contributed by atoms with Crippen LogP contribution >= 0.6 is 0 Å². The highest BCUT2D eigenvalue weighted by atomic mass is 14.3. The Balaban J connectivity index is 1.10. The summed E-state index contributed by atoms with van der Waals surface area (Å²) in [6.45, 7) is 9.34. The number of aryl methyl sites for hydroxylation is 4. The Bertz CT molecular complexity index is 5010. The van der Waals surface area contributed by atoms with Crippen LogP contribution in [-0.2, 0) is 25.7 Å². The minimum absolute atomic E-state index is 1.12. The zero-order valence-electron chi connectivity index (χ0n) is 53.3. The lowest BCUT2D eigenvalue weighted by Gasteiger charge is -2.21. The van der Waals surface area contributed by atoms with Crippen molar-refractivity contribution in [2.75, 3.05) is 0 Å². The highest BCUT2D eigenvalue weighted by Gasteiger charge is 2.26. The van der Waals surface area contributed by atoms with E-state index in [0.29, 0.717) is 0 Å². The SMILES string of the molecule is CCCCCc1ccc(-c2c3c(c(-c4ccc(CCCCC)c(CCCCC)c4)c4ccccc24)=c2ccc4c5c(ccc=3c25)=c2cc3c(-c5ccccc5-c5ccccc5)c5ccccc5c(-c5ccccc5-c5ccccc5)c3cc2=4)cc1CCCCC. The smallest absolute Gasteiger partial charge is 0.000740 e. The molecule has 0 unspecified atom stereocenters. The lowest BCUT2D eigenvalue weighted by atomic mass is 9.82. The van der Waals surface area contributed by atoms with Crippen molar-refractivity contribution in [2.45, 2.75) is 130 Å². The average Bonchev–Trinajstić information content (AvgIpc) is 1.50. The van der Waals surface area contributed by atoms with Crippen LogP contribution in [-0.4, -0.2) is 0 Å². The molecule has 2 aliphatic rings. The van der Waals surface area contributed by atoms with Crippen LogP contribution in [0.3, 0.4) is 0 Å². The standard InChI is InChI=1S/C90H82/c1-5-9-15-31-59-47-49-65(55-63(59)37-17-11-7-3)83-71-43-27-28-44-72(71)84(66-50-48-60(32-16-10-6-2)64(56-66)38-18-12-8-4)90-78-54-52-76-80-58-82-81(57-79(80)75-51-53-77(89(83)90)88(78)87(75)76)85(69-41-25-23-39-67(69)61-33-19-13-20-34-61)73-45-29-30-46-74(73)86(82)70-42-26-24-40-68(70)62-35-21-14-22-36-62/h13-14,19-30,33-36,39-58H,5-12,15-18,31-32,37-38H2,1-4H3. The van der Waals surface area contributed by atoms with Gasteiger partial charge in [0.2, 0.25) is 0 Å². The van der Waals surface area contributed by atoms with Crippen LogP contribution in [0.15, 0.2) is 231 Å². The van der Waals surface area contributed by atoms with Crippen molar-refractivity contribution < 1.29 is 0 Å². The summed E-state index contributed by atoms with van der Waals surface area (Å²) in [5, 5.41) is 21.3. The van der Waals surface area contributed by atoms with E-state index in [0.717, 1.165) is 25.7 Å². The zero-order valence-corrected chi connectivity index (χ0v) is 53.3. The molecule has 0 fully saturated rings. The van der Waals surface area contributed by atoms with Gasteiger partial charge in [-0.25, -0.2) is 0 Å². The molecular weight excluding hydrogens is 1080 g/mol. The minimum Gasteiger partial charge on any atom is -0.0654 e. The molecule has 0 heterocycles. The Morgan fingerprint density at radius 1 is 0.211 bits per heavy atom. The van der Waals surface area contributed by atoms with Crippen LogP contribution in [0.4, 0.5) is 0 Å². The molecule has 0 aromatic heterocycles. The molecule has 0 spiro atoms. The lowest BCUT2D eigenvalue weighted by molar-refractivity contribution is 0.693. The molecule has 442 valence electrons. The number of fused-ring (bicyclic) bond motifs is 5. The van der Waals surface area contributed by atoms with E-state index in [1.54, 1.807) is 0 Å². The van der Waals surface area contributed by atoms with Crippen molar-refractivity contribution in [2.24, 2.45) is 0 Å². The molecule has 90 heavy (non-hydrogen) atoms. The molecule has 2 aliphatic carbocycles. The molecule has 0 saturated carbocycles. The lowest BCUT2D eigenvalue weighted by Crippen LogP contribution is -1.99. The van der Waals surface area contributed by atoms with E-state index in [1.165, 1.54) is 251 Å².